The number of benzene rings is 3. The molecule has 4 N–H and O–H groups in total. The number of anilines is 2. The van der Waals surface area contributed by atoms with Crippen molar-refractivity contribution in [3.63, 3.8) is 0 Å². The minimum absolute atomic E-state index is 0.0157. The van der Waals surface area contributed by atoms with E-state index in [4.69, 9.17) is 5.11 Å². The Hall–Kier alpha value is -3.89. The Morgan fingerprint density at radius 1 is 1.18 bits per heavy atom. The minimum atomic E-state index is -0.859. The number of nitrogens with zero attached hydrogens (tertiary/aromatic N) is 1. The number of hydrogen-bond donors (Lipinski definition) is 4. The van der Waals surface area contributed by atoms with Crippen LogP contribution in [0.1, 0.15) is 41.1 Å². The molecule has 34 heavy (non-hydrogen) atoms. The van der Waals surface area contributed by atoms with Gasteiger partial charge in [0.15, 0.2) is 0 Å². The molecule has 3 atom stereocenters. The van der Waals surface area contributed by atoms with Crippen molar-refractivity contribution < 1.29 is 14.3 Å². The van der Waals surface area contributed by atoms with Crippen LogP contribution in [0, 0.1) is 17.1 Å². The van der Waals surface area contributed by atoms with Gasteiger partial charge in [0.2, 0.25) is 0 Å². The largest absolute Gasteiger partial charge is 0.481 e. The average Bonchev–Trinajstić information content (AvgIpc) is 2.83. The lowest BCUT2D eigenvalue weighted by Gasteiger charge is -2.36. The summed E-state index contributed by atoms with van der Waals surface area (Å²) in [5, 5.41) is 29.1. The van der Waals surface area contributed by atoms with Gasteiger partial charge in [-0.1, -0.05) is 49.4 Å². The maximum Gasteiger partial charge on any atom is 0.307 e. The summed E-state index contributed by atoms with van der Waals surface area (Å²) in [6.07, 6.45) is -0.0157. The van der Waals surface area contributed by atoms with Crippen molar-refractivity contribution in [3.05, 3.63) is 94.8 Å². The summed E-state index contributed by atoms with van der Waals surface area (Å²) in [6.45, 7) is 3.27. The summed E-state index contributed by atoms with van der Waals surface area (Å²) in [4.78, 5) is 11.1. The predicted octanol–water partition coefficient (Wildman–Crippen LogP) is 4.67. The Morgan fingerprint density at radius 3 is 2.71 bits per heavy atom. The van der Waals surface area contributed by atoms with Crippen LogP contribution in [0.3, 0.4) is 0 Å². The SMILES string of the molecule is C[C@H](CN[C@H](c1cccc(F)c1)[C@H]1CNc2cccc(C#N)c2N1)c1cccc(CC(=O)O)c1. The number of halogens is 1. The lowest BCUT2D eigenvalue weighted by Crippen LogP contribution is -2.45. The highest BCUT2D eigenvalue weighted by atomic mass is 19.1. The van der Waals surface area contributed by atoms with Gasteiger partial charge in [-0.2, -0.15) is 5.26 Å². The van der Waals surface area contributed by atoms with Crippen LogP contribution in [0.5, 0.6) is 0 Å². The molecule has 1 aliphatic rings. The van der Waals surface area contributed by atoms with Crippen molar-refractivity contribution in [1.29, 1.82) is 5.26 Å². The van der Waals surface area contributed by atoms with Crippen LogP contribution >= 0.6 is 0 Å². The van der Waals surface area contributed by atoms with Crippen LogP contribution in [0.2, 0.25) is 0 Å². The van der Waals surface area contributed by atoms with E-state index >= 15 is 0 Å². The van der Waals surface area contributed by atoms with E-state index in [9.17, 15) is 14.4 Å². The Labute approximate surface area is 198 Å². The molecular formula is C27H27FN4O2. The molecule has 7 heteroatoms. The first-order chi connectivity index (χ1) is 16.4. The van der Waals surface area contributed by atoms with Gasteiger partial charge >= 0.3 is 5.97 Å². The lowest BCUT2D eigenvalue weighted by atomic mass is 9.94. The summed E-state index contributed by atoms with van der Waals surface area (Å²) in [6, 6.07) is 21.6. The number of nitrogens with one attached hydrogen (secondary N) is 3. The van der Waals surface area contributed by atoms with E-state index in [1.807, 2.05) is 42.5 Å². The summed E-state index contributed by atoms with van der Waals surface area (Å²) in [5.74, 6) is -1.06. The van der Waals surface area contributed by atoms with Crippen LogP contribution in [0.15, 0.2) is 66.7 Å². The first kappa shape index (κ1) is 23.3. The second-order valence-corrected chi connectivity index (χ2v) is 8.63. The number of carboxylic acids is 1. The third-order valence-corrected chi connectivity index (χ3v) is 6.16. The zero-order valence-corrected chi connectivity index (χ0v) is 18.9. The Bertz CT molecular complexity index is 1220. The molecule has 0 radical (unpaired) electrons. The number of aliphatic carboxylic acids is 1. The fraction of sp³-hybridized carbons (Fsp3) is 0.259. The molecule has 4 rings (SSSR count). The van der Waals surface area contributed by atoms with E-state index in [-0.39, 0.29) is 30.2 Å². The van der Waals surface area contributed by atoms with E-state index in [0.29, 0.717) is 18.7 Å². The van der Waals surface area contributed by atoms with Crippen molar-refractivity contribution in [1.82, 2.24) is 5.32 Å². The van der Waals surface area contributed by atoms with Gasteiger partial charge in [0.25, 0.3) is 0 Å². The third kappa shape index (κ3) is 5.36. The topological polar surface area (TPSA) is 97.2 Å². The maximum atomic E-state index is 14.1. The van der Waals surface area contributed by atoms with Gasteiger partial charge in [0.05, 0.1) is 35.4 Å². The lowest BCUT2D eigenvalue weighted by molar-refractivity contribution is -0.136. The molecule has 0 bridgehead atoms. The molecule has 3 aromatic rings. The standard InChI is InChI=1S/C27H27FN4O2/c1-17(19-6-2-5-18(11-19)12-25(33)34)15-31-26(20-7-3-9-22(28)13-20)24-16-30-23-10-4-8-21(14-29)27(23)32-24/h2-11,13,17,24,26,30-32H,12,15-16H2,1H3,(H,33,34)/t17-,24-,26-/m1/s1. The molecule has 1 aliphatic heterocycles. The van der Waals surface area contributed by atoms with E-state index in [1.165, 1.54) is 12.1 Å². The van der Waals surface area contributed by atoms with Crippen LogP contribution in [0.25, 0.3) is 0 Å². The molecule has 0 aromatic heterocycles. The normalized spacial score (nSPS) is 16.3. The van der Waals surface area contributed by atoms with E-state index < -0.39 is 5.97 Å². The van der Waals surface area contributed by atoms with Crippen LogP contribution in [0.4, 0.5) is 15.8 Å². The summed E-state index contributed by atoms with van der Waals surface area (Å²) >= 11 is 0. The zero-order valence-electron chi connectivity index (χ0n) is 18.9. The van der Waals surface area contributed by atoms with Gasteiger partial charge in [0, 0.05) is 13.1 Å². The molecule has 3 aromatic carbocycles. The molecule has 1 heterocycles. The third-order valence-electron chi connectivity index (χ3n) is 6.16. The van der Waals surface area contributed by atoms with Gasteiger partial charge in [-0.25, -0.2) is 4.39 Å². The number of carboxylic acid groups (broad SMARTS) is 1. The highest BCUT2D eigenvalue weighted by Crippen LogP contribution is 2.33. The number of para-hydroxylation sites is 1. The smallest absolute Gasteiger partial charge is 0.307 e. The summed E-state index contributed by atoms with van der Waals surface area (Å²) in [7, 11) is 0. The fourth-order valence-electron chi connectivity index (χ4n) is 4.40. The molecule has 174 valence electrons. The van der Waals surface area contributed by atoms with Gasteiger partial charge in [-0.3, -0.25) is 4.79 Å². The Kier molecular flexibility index (Phi) is 7.09. The molecule has 0 amide bonds. The van der Waals surface area contributed by atoms with Crippen molar-refractivity contribution in [2.75, 3.05) is 23.7 Å². The average molecular weight is 459 g/mol. The monoisotopic (exact) mass is 458 g/mol. The van der Waals surface area contributed by atoms with Crippen molar-refractivity contribution in [2.45, 2.75) is 31.3 Å². The number of carbonyl (C=O) groups is 1. The maximum absolute atomic E-state index is 14.1. The quantitative estimate of drug-likeness (QED) is 0.392. The van der Waals surface area contributed by atoms with E-state index in [1.54, 1.807) is 12.1 Å². The van der Waals surface area contributed by atoms with E-state index in [2.05, 4.69) is 28.9 Å². The van der Waals surface area contributed by atoms with Crippen molar-refractivity contribution >= 4 is 17.3 Å². The molecule has 0 spiro atoms. The zero-order chi connectivity index (χ0) is 24.1. The fourth-order valence-corrected chi connectivity index (χ4v) is 4.40. The van der Waals surface area contributed by atoms with Crippen LogP contribution in [-0.2, 0) is 11.2 Å². The van der Waals surface area contributed by atoms with Gasteiger partial charge in [0.1, 0.15) is 11.9 Å². The van der Waals surface area contributed by atoms with Gasteiger partial charge in [-0.15, -0.1) is 0 Å². The first-order valence-electron chi connectivity index (χ1n) is 11.3. The summed E-state index contributed by atoms with van der Waals surface area (Å²) in [5.41, 5.74) is 4.78. The van der Waals surface area contributed by atoms with E-state index in [0.717, 1.165) is 28.1 Å². The molecule has 0 unspecified atom stereocenters. The molecule has 0 fully saturated rings. The second kappa shape index (κ2) is 10.4. The Morgan fingerprint density at radius 2 is 1.94 bits per heavy atom. The molecule has 0 saturated carbocycles. The molecule has 0 aliphatic carbocycles. The number of nitriles is 1. The van der Waals surface area contributed by atoms with Crippen molar-refractivity contribution in [2.24, 2.45) is 0 Å². The second-order valence-electron chi connectivity index (χ2n) is 8.63. The highest BCUT2D eigenvalue weighted by molar-refractivity contribution is 5.77. The summed E-state index contributed by atoms with van der Waals surface area (Å²) < 4.78 is 14.1. The highest BCUT2D eigenvalue weighted by Gasteiger charge is 2.28. The first-order valence-corrected chi connectivity index (χ1v) is 11.3. The van der Waals surface area contributed by atoms with Gasteiger partial charge in [-0.05, 0) is 46.9 Å². The van der Waals surface area contributed by atoms with Crippen molar-refractivity contribution in [3.8, 4) is 6.07 Å². The van der Waals surface area contributed by atoms with Crippen LogP contribution in [-0.4, -0.2) is 30.2 Å². The number of rotatable bonds is 8. The predicted molar refractivity (Wildman–Crippen MR) is 130 cm³/mol. The van der Waals surface area contributed by atoms with Crippen LogP contribution < -0.4 is 16.0 Å². The minimum Gasteiger partial charge on any atom is -0.481 e. The number of fused-ring (bicyclic) bond motifs is 1. The molecule has 0 saturated heterocycles. The van der Waals surface area contributed by atoms with Gasteiger partial charge < -0.3 is 21.1 Å². The molecule has 6 nitrogen and oxygen atoms in total. The number of hydrogen-bond acceptors (Lipinski definition) is 5. The molecular weight excluding hydrogens is 431 g/mol. The Balaban J connectivity index is 1.56.